The Morgan fingerprint density at radius 3 is 2.71 bits per heavy atom. The third-order valence-corrected chi connectivity index (χ3v) is 5.09. The number of hydrogen-bond donors (Lipinski definition) is 2. The minimum atomic E-state index is -0.453. The Morgan fingerprint density at radius 2 is 1.84 bits per heavy atom. The van der Waals surface area contributed by atoms with Crippen molar-refractivity contribution in [2.75, 3.05) is 6.54 Å². The van der Waals surface area contributed by atoms with E-state index in [0.29, 0.717) is 16.3 Å². The second kappa shape index (κ2) is 8.93. The molecule has 1 heterocycles. The van der Waals surface area contributed by atoms with Crippen LogP contribution >= 0.6 is 11.6 Å². The van der Waals surface area contributed by atoms with E-state index in [4.69, 9.17) is 11.6 Å². The molecule has 0 saturated heterocycles. The van der Waals surface area contributed by atoms with E-state index in [0.717, 1.165) is 27.2 Å². The van der Waals surface area contributed by atoms with Gasteiger partial charge in [0, 0.05) is 16.5 Å². The van der Waals surface area contributed by atoms with Gasteiger partial charge in [-0.3, -0.25) is 9.59 Å². The smallest absolute Gasteiger partial charge is 0.259 e. The Kier molecular flexibility index (Phi) is 5.91. The fourth-order valence-corrected chi connectivity index (χ4v) is 3.45. The molecule has 6 nitrogen and oxygen atoms in total. The molecule has 0 aliphatic rings. The molecule has 0 fully saturated rings. The van der Waals surface area contributed by atoms with Crippen molar-refractivity contribution in [1.29, 1.82) is 0 Å². The zero-order valence-electron chi connectivity index (χ0n) is 16.7. The maximum Gasteiger partial charge on any atom is 0.259 e. The van der Waals surface area contributed by atoms with Gasteiger partial charge in [-0.1, -0.05) is 60.1 Å². The number of hydrogen-bond acceptors (Lipinski definition) is 4. The number of pyridine rings is 1. The van der Waals surface area contributed by atoms with E-state index in [1.807, 2.05) is 67.6 Å². The van der Waals surface area contributed by atoms with Crippen LogP contribution in [0.3, 0.4) is 0 Å². The van der Waals surface area contributed by atoms with Gasteiger partial charge in [0.05, 0.1) is 18.3 Å². The molecule has 154 valence electrons. The molecule has 0 atom stereocenters. The lowest BCUT2D eigenvalue weighted by atomic mass is 10.0. The van der Waals surface area contributed by atoms with Gasteiger partial charge in [0.15, 0.2) is 0 Å². The predicted octanol–water partition coefficient (Wildman–Crippen LogP) is 4.23. The van der Waals surface area contributed by atoms with Gasteiger partial charge in [-0.05, 0) is 41.5 Å². The fourth-order valence-electron chi connectivity index (χ4n) is 3.25. The summed E-state index contributed by atoms with van der Waals surface area (Å²) in [6, 6.07) is 20.8. The van der Waals surface area contributed by atoms with Crippen molar-refractivity contribution in [3.05, 3.63) is 88.6 Å². The third kappa shape index (κ3) is 4.70. The van der Waals surface area contributed by atoms with Crippen LogP contribution in [-0.4, -0.2) is 29.6 Å². The molecule has 4 aromatic rings. The van der Waals surface area contributed by atoms with Crippen LogP contribution in [-0.2, 0) is 4.79 Å². The number of carbonyl (C=O) groups excluding carboxylic acids is 2. The van der Waals surface area contributed by atoms with Gasteiger partial charge in [-0.2, -0.15) is 5.10 Å². The van der Waals surface area contributed by atoms with E-state index in [1.54, 1.807) is 6.07 Å². The molecule has 0 aliphatic heterocycles. The minimum Gasteiger partial charge on any atom is -0.343 e. The van der Waals surface area contributed by atoms with Crippen LogP contribution in [0.25, 0.3) is 21.7 Å². The standard InChI is InChI=1S/C24H19ClN4O2/c1-15-9-10-17-12-18(23(25)28-21(17)11-15)13-27-29-22(30)14-26-24(31)20-8-4-6-16-5-2-3-7-19(16)20/h2-13H,14H2,1H3,(H,26,31)(H,29,30)/b27-13-. The van der Waals surface area contributed by atoms with E-state index in [1.165, 1.54) is 6.21 Å². The lowest BCUT2D eigenvalue weighted by molar-refractivity contribution is -0.120. The predicted molar refractivity (Wildman–Crippen MR) is 124 cm³/mol. The first kappa shape index (κ1) is 20.5. The topological polar surface area (TPSA) is 83.5 Å². The van der Waals surface area contributed by atoms with Gasteiger partial charge in [-0.15, -0.1) is 0 Å². The Hall–Kier alpha value is -3.77. The van der Waals surface area contributed by atoms with E-state index in [2.05, 4.69) is 20.8 Å². The number of benzene rings is 3. The minimum absolute atomic E-state index is 0.206. The second-order valence-electron chi connectivity index (χ2n) is 7.07. The maximum atomic E-state index is 12.5. The molecular weight excluding hydrogens is 412 g/mol. The van der Waals surface area contributed by atoms with E-state index in [9.17, 15) is 9.59 Å². The summed E-state index contributed by atoms with van der Waals surface area (Å²) in [6.45, 7) is 1.78. The van der Waals surface area contributed by atoms with Crippen molar-refractivity contribution in [1.82, 2.24) is 15.7 Å². The fraction of sp³-hybridized carbons (Fsp3) is 0.0833. The zero-order chi connectivity index (χ0) is 21.8. The van der Waals surface area contributed by atoms with Gasteiger partial charge in [0.1, 0.15) is 5.15 Å². The molecule has 0 bridgehead atoms. The first-order valence-corrected chi connectivity index (χ1v) is 10.0. The molecule has 0 spiro atoms. The summed E-state index contributed by atoms with van der Waals surface area (Å²) in [4.78, 5) is 28.9. The Labute approximate surface area is 183 Å². The molecular formula is C24H19ClN4O2. The van der Waals surface area contributed by atoms with Crippen LogP contribution in [0.4, 0.5) is 0 Å². The number of nitrogens with zero attached hydrogens (tertiary/aromatic N) is 2. The number of aromatic nitrogens is 1. The van der Waals surface area contributed by atoms with Gasteiger partial charge in [-0.25, -0.2) is 10.4 Å². The third-order valence-electron chi connectivity index (χ3n) is 4.79. The quantitative estimate of drug-likeness (QED) is 0.282. The SMILES string of the molecule is Cc1ccc2cc(/C=N\NC(=O)CNC(=O)c3cccc4ccccc34)c(Cl)nc2c1. The number of fused-ring (bicyclic) bond motifs is 2. The van der Waals surface area contributed by atoms with Crippen molar-refractivity contribution in [2.24, 2.45) is 5.10 Å². The van der Waals surface area contributed by atoms with Crippen LogP contribution in [0.5, 0.6) is 0 Å². The molecule has 3 aromatic carbocycles. The van der Waals surface area contributed by atoms with Gasteiger partial charge < -0.3 is 5.32 Å². The van der Waals surface area contributed by atoms with Gasteiger partial charge in [0.2, 0.25) is 0 Å². The highest BCUT2D eigenvalue weighted by Crippen LogP contribution is 2.20. The maximum absolute atomic E-state index is 12.5. The van der Waals surface area contributed by atoms with E-state index < -0.39 is 5.91 Å². The zero-order valence-corrected chi connectivity index (χ0v) is 17.5. The Balaban J connectivity index is 1.37. The number of aryl methyl sites for hydroxylation is 1. The lowest BCUT2D eigenvalue weighted by Crippen LogP contribution is -2.35. The summed E-state index contributed by atoms with van der Waals surface area (Å²) < 4.78 is 0. The van der Waals surface area contributed by atoms with Crippen molar-refractivity contribution in [3.63, 3.8) is 0 Å². The van der Waals surface area contributed by atoms with Crippen LogP contribution in [0.2, 0.25) is 5.15 Å². The van der Waals surface area contributed by atoms with Crippen LogP contribution in [0.15, 0.2) is 71.8 Å². The highest BCUT2D eigenvalue weighted by atomic mass is 35.5. The van der Waals surface area contributed by atoms with Crippen molar-refractivity contribution in [3.8, 4) is 0 Å². The van der Waals surface area contributed by atoms with Crippen LogP contribution in [0, 0.1) is 6.92 Å². The van der Waals surface area contributed by atoms with Crippen molar-refractivity contribution >= 4 is 51.3 Å². The van der Waals surface area contributed by atoms with Gasteiger partial charge >= 0.3 is 0 Å². The number of hydrazone groups is 1. The van der Waals surface area contributed by atoms with Crippen molar-refractivity contribution < 1.29 is 9.59 Å². The number of halogens is 1. The summed E-state index contributed by atoms with van der Waals surface area (Å²) in [5.74, 6) is -0.779. The second-order valence-corrected chi connectivity index (χ2v) is 7.43. The first-order valence-electron chi connectivity index (χ1n) is 9.66. The summed E-state index contributed by atoms with van der Waals surface area (Å²) in [7, 11) is 0. The van der Waals surface area contributed by atoms with Crippen molar-refractivity contribution in [2.45, 2.75) is 6.92 Å². The average molecular weight is 431 g/mol. The molecule has 31 heavy (non-hydrogen) atoms. The molecule has 2 amide bonds. The number of amides is 2. The number of rotatable bonds is 5. The summed E-state index contributed by atoms with van der Waals surface area (Å²) in [5.41, 5.74) is 5.37. The van der Waals surface area contributed by atoms with Gasteiger partial charge in [0.25, 0.3) is 11.8 Å². The monoisotopic (exact) mass is 430 g/mol. The largest absolute Gasteiger partial charge is 0.343 e. The molecule has 0 saturated carbocycles. The average Bonchev–Trinajstić information content (AvgIpc) is 2.77. The van der Waals surface area contributed by atoms with E-state index in [-0.39, 0.29) is 12.5 Å². The summed E-state index contributed by atoms with van der Waals surface area (Å²) in [6.07, 6.45) is 1.43. The molecule has 4 rings (SSSR count). The molecule has 0 unspecified atom stereocenters. The Morgan fingerprint density at radius 1 is 1.03 bits per heavy atom. The summed E-state index contributed by atoms with van der Waals surface area (Å²) >= 11 is 6.22. The lowest BCUT2D eigenvalue weighted by Gasteiger charge is -2.07. The normalized spacial score (nSPS) is 11.2. The number of nitrogens with one attached hydrogen (secondary N) is 2. The molecule has 0 aliphatic carbocycles. The van der Waals surface area contributed by atoms with Crippen LogP contribution < -0.4 is 10.7 Å². The molecule has 1 aromatic heterocycles. The Bertz CT molecular complexity index is 1330. The van der Waals surface area contributed by atoms with Crippen LogP contribution in [0.1, 0.15) is 21.5 Å². The first-order chi connectivity index (χ1) is 15.0. The number of carbonyl (C=O) groups is 2. The highest BCUT2D eigenvalue weighted by Gasteiger charge is 2.11. The molecule has 0 radical (unpaired) electrons. The molecule has 7 heteroatoms. The molecule has 2 N–H and O–H groups in total. The van der Waals surface area contributed by atoms with E-state index >= 15 is 0 Å². The summed E-state index contributed by atoms with van der Waals surface area (Å²) in [5, 5.41) is 9.54. The highest BCUT2D eigenvalue weighted by molar-refractivity contribution is 6.32.